The van der Waals surface area contributed by atoms with Gasteiger partial charge in [0.1, 0.15) is 5.78 Å². The molecule has 0 saturated carbocycles. The molecule has 1 radical (unpaired) electrons. The quantitative estimate of drug-likeness (QED) is 0.320. The van der Waals surface area contributed by atoms with Crippen molar-refractivity contribution >= 4 is 5.78 Å². The zero-order chi connectivity index (χ0) is 14.2. The van der Waals surface area contributed by atoms with Crippen LogP contribution in [0.3, 0.4) is 0 Å². The van der Waals surface area contributed by atoms with Crippen molar-refractivity contribution in [2.45, 2.75) is 104 Å². The number of Topliss-reactive ketones (excluding diaryl/α,β-unsaturated/α-hetero) is 1. The molecular weight excluding hydrogens is 232 g/mol. The van der Waals surface area contributed by atoms with Gasteiger partial charge in [-0.05, 0) is 13.3 Å². The summed E-state index contributed by atoms with van der Waals surface area (Å²) in [6.07, 6.45) is 20.8. The van der Waals surface area contributed by atoms with Gasteiger partial charge >= 0.3 is 0 Å². The summed E-state index contributed by atoms with van der Waals surface area (Å²) in [4.78, 5) is 10.7. The van der Waals surface area contributed by atoms with E-state index in [2.05, 4.69) is 6.92 Å². The molecule has 0 rings (SSSR count). The van der Waals surface area contributed by atoms with Gasteiger partial charge < -0.3 is 0 Å². The highest BCUT2D eigenvalue weighted by atomic mass is 16.1. The van der Waals surface area contributed by atoms with Gasteiger partial charge in [-0.1, -0.05) is 90.4 Å². The van der Waals surface area contributed by atoms with Crippen molar-refractivity contribution in [3.63, 3.8) is 0 Å². The highest BCUT2D eigenvalue weighted by Crippen LogP contribution is 2.13. The lowest BCUT2D eigenvalue weighted by molar-refractivity contribution is -0.114. The summed E-state index contributed by atoms with van der Waals surface area (Å²) in [5.74, 6) is 0.221. The molecule has 0 unspecified atom stereocenters. The lowest BCUT2D eigenvalue weighted by Gasteiger charge is -2.02. The number of carbonyl (C=O) groups is 1. The molecule has 0 saturated heterocycles. The first-order valence-electron chi connectivity index (χ1n) is 8.61. The molecule has 0 aliphatic rings. The van der Waals surface area contributed by atoms with E-state index < -0.39 is 0 Å². The first-order valence-corrected chi connectivity index (χ1v) is 8.61. The molecule has 113 valence electrons. The van der Waals surface area contributed by atoms with Gasteiger partial charge in [0.05, 0.1) is 0 Å². The maximum absolute atomic E-state index is 10.7. The molecule has 0 aromatic heterocycles. The molecular formula is C18H35O. The van der Waals surface area contributed by atoms with Crippen molar-refractivity contribution < 1.29 is 4.79 Å². The van der Waals surface area contributed by atoms with Gasteiger partial charge in [0.2, 0.25) is 0 Å². The summed E-state index contributed by atoms with van der Waals surface area (Å²) in [7, 11) is 0. The van der Waals surface area contributed by atoms with Gasteiger partial charge in [0.25, 0.3) is 0 Å². The van der Waals surface area contributed by atoms with Gasteiger partial charge in [0.15, 0.2) is 0 Å². The fourth-order valence-corrected chi connectivity index (χ4v) is 2.47. The molecule has 1 heteroatoms. The van der Waals surface area contributed by atoms with Crippen LogP contribution in [0.2, 0.25) is 0 Å². The van der Waals surface area contributed by atoms with Crippen molar-refractivity contribution in [1.82, 2.24) is 0 Å². The van der Waals surface area contributed by atoms with Gasteiger partial charge in [-0.2, -0.15) is 0 Å². The zero-order valence-corrected chi connectivity index (χ0v) is 13.4. The van der Waals surface area contributed by atoms with Crippen LogP contribution in [0.5, 0.6) is 0 Å². The molecule has 0 bridgehead atoms. The maximum atomic E-state index is 10.7. The number of unbranched alkanes of at least 4 members (excludes halogenated alkanes) is 13. The predicted octanol–water partition coefficient (Wildman–Crippen LogP) is 6.26. The summed E-state index contributed by atoms with van der Waals surface area (Å²) in [6.45, 7) is 3.92. The van der Waals surface area contributed by atoms with Crippen LogP contribution in [-0.4, -0.2) is 5.78 Å². The molecule has 0 atom stereocenters. The molecule has 0 aliphatic heterocycles. The average Bonchev–Trinajstić information content (AvgIpc) is 2.39. The Balaban J connectivity index is 2.93. The second-order valence-electron chi connectivity index (χ2n) is 5.85. The molecule has 19 heavy (non-hydrogen) atoms. The summed E-state index contributed by atoms with van der Waals surface area (Å²) in [6, 6.07) is 0. The van der Waals surface area contributed by atoms with Crippen molar-refractivity contribution in [1.29, 1.82) is 0 Å². The van der Waals surface area contributed by atoms with Crippen molar-refractivity contribution in [2.24, 2.45) is 0 Å². The minimum Gasteiger partial charge on any atom is -0.300 e. The van der Waals surface area contributed by atoms with E-state index in [0.717, 1.165) is 6.42 Å². The third-order valence-corrected chi connectivity index (χ3v) is 3.74. The maximum Gasteiger partial charge on any atom is 0.133 e. The van der Waals surface area contributed by atoms with E-state index in [1.165, 1.54) is 83.5 Å². The van der Waals surface area contributed by atoms with Crippen LogP contribution >= 0.6 is 0 Å². The number of ketones is 1. The van der Waals surface area contributed by atoms with Crippen LogP contribution in [0, 0.1) is 6.42 Å². The van der Waals surface area contributed by atoms with E-state index in [9.17, 15) is 4.79 Å². The largest absolute Gasteiger partial charge is 0.300 e. The molecule has 1 nitrogen and oxygen atoms in total. The molecule has 0 aromatic rings. The second kappa shape index (κ2) is 15.7. The Hall–Kier alpha value is -0.330. The Morgan fingerprint density at radius 2 is 1.05 bits per heavy atom. The van der Waals surface area contributed by atoms with E-state index in [0.29, 0.717) is 0 Å². The van der Waals surface area contributed by atoms with Gasteiger partial charge in [0, 0.05) is 6.42 Å². The van der Waals surface area contributed by atoms with E-state index in [-0.39, 0.29) is 5.78 Å². The Labute approximate surface area is 121 Å². The van der Waals surface area contributed by atoms with Crippen LogP contribution in [0.25, 0.3) is 0 Å². The minimum absolute atomic E-state index is 0.221. The summed E-state index contributed by atoms with van der Waals surface area (Å²) in [5, 5.41) is 0. The van der Waals surface area contributed by atoms with Gasteiger partial charge in [-0.15, -0.1) is 0 Å². The van der Waals surface area contributed by atoms with Crippen LogP contribution in [0.4, 0.5) is 0 Å². The highest BCUT2D eigenvalue weighted by molar-refractivity contribution is 5.84. The van der Waals surface area contributed by atoms with E-state index >= 15 is 0 Å². The third kappa shape index (κ3) is 17.7. The molecule has 0 aliphatic carbocycles. The molecule has 0 spiro atoms. The predicted molar refractivity (Wildman–Crippen MR) is 85.3 cm³/mol. The van der Waals surface area contributed by atoms with Crippen molar-refractivity contribution in [2.75, 3.05) is 0 Å². The smallest absolute Gasteiger partial charge is 0.133 e. The first kappa shape index (κ1) is 18.7. The Bertz CT molecular complexity index is 186. The number of carbonyl (C=O) groups excluding carboxylic acids is 1. The second-order valence-corrected chi connectivity index (χ2v) is 5.85. The van der Waals surface area contributed by atoms with E-state index in [1.54, 1.807) is 6.92 Å². The lowest BCUT2D eigenvalue weighted by Crippen LogP contribution is -1.90. The summed E-state index contributed by atoms with van der Waals surface area (Å²) < 4.78 is 0. The first-order chi connectivity index (χ1) is 9.27. The third-order valence-electron chi connectivity index (χ3n) is 3.74. The van der Waals surface area contributed by atoms with E-state index in [1.807, 2.05) is 6.42 Å². The minimum atomic E-state index is 0.221. The highest BCUT2D eigenvalue weighted by Gasteiger charge is 1.95. The SMILES string of the molecule is CCCCCCCCCCCCCCC[CH]C(C)=O. The van der Waals surface area contributed by atoms with Crippen molar-refractivity contribution in [3.05, 3.63) is 6.42 Å². The van der Waals surface area contributed by atoms with Crippen LogP contribution in [-0.2, 0) is 4.79 Å². The number of rotatable bonds is 15. The van der Waals surface area contributed by atoms with Crippen LogP contribution < -0.4 is 0 Å². The monoisotopic (exact) mass is 267 g/mol. The van der Waals surface area contributed by atoms with Gasteiger partial charge in [-0.3, -0.25) is 4.79 Å². The number of hydrogen-bond donors (Lipinski definition) is 0. The molecule has 0 amide bonds. The Morgan fingerprint density at radius 1 is 0.684 bits per heavy atom. The van der Waals surface area contributed by atoms with Gasteiger partial charge in [-0.25, -0.2) is 0 Å². The Morgan fingerprint density at radius 3 is 1.42 bits per heavy atom. The van der Waals surface area contributed by atoms with Crippen LogP contribution in [0.1, 0.15) is 104 Å². The number of hydrogen-bond acceptors (Lipinski definition) is 1. The molecule has 0 fully saturated rings. The molecule has 0 aromatic carbocycles. The fraction of sp³-hybridized carbons (Fsp3) is 0.889. The zero-order valence-electron chi connectivity index (χ0n) is 13.4. The average molecular weight is 267 g/mol. The Kier molecular flexibility index (Phi) is 15.5. The van der Waals surface area contributed by atoms with E-state index in [4.69, 9.17) is 0 Å². The molecule has 0 heterocycles. The standard InChI is InChI=1S/C18H35O/c1-3-4-5-6-7-8-9-10-11-12-13-14-15-16-17-18(2)19/h17H,3-16H2,1-2H3. The summed E-state index contributed by atoms with van der Waals surface area (Å²) in [5.41, 5.74) is 0. The van der Waals surface area contributed by atoms with Crippen molar-refractivity contribution in [3.8, 4) is 0 Å². The fourth-order valence-electron chi connectivity index (χ4n) is 2.47. The topological polar surface area (TPSA) is 17.1 Å². The summed E-state index contributed by atoms with van der Waals surface area (Å²) >= 11 is 0. The van der Waals surface area contributed by atoms with Crippen LogP contribution in [0.15, 0.2) is 0 Å². The normalized spacial score (nSPS) is 10.8. The lowest BCUT2D eigenvalue weighted by atomic mass is 10.0. The molecule has 0 N–H and O–H groups in total.